The zero-order valence-corrected chi connectivity index (χ0v) is 18.0. The lowest BCUT2D eigenvalue weighted by Gasteiger charge is -2.47. The van der Waals surface area contributed by atoms with E-state index in [1.54, 1.807) is 0 Å². The third-order valence-electron chi connectivity index (χ3n) is 5.62. The topological polar surface area (TPSA) is 187 Å². The van der Waals surface area contributed by atoms with Crippen LogP contribution in [0.15, 0.2) is 30.3 Å². The van der Waals surface area contributed by atoms with Crippen molar-refractivity contribution in [3.63, 3.8) is 0 Å². The predicted molar refractivity (Wildman–Crippen MR) is 109 cm³/mol. The third-order valence-corrected chi connectivity index (χ3v) is 5.62. The molecule has 2 aliphatic rings. The summed E-state index contributed by atoms with van der Waals surface area (Å²) in [5.41, 5.74) is 0.817. The second-order valence-corrected chi connectivity index (χ2v) is 8.04. The summed E-state index contributed by atoms with van der Waals surface area (Å²) >= 11 is 0. The summed E-state index contributed by atoms with van der Waals surface area (Å²) in [5.74, 6) is -0.481. The van der Waals surface area contributed by atoms with Crippen LogP contribution in [0.2, 0.25) is 0 Å². The van der Waals surface area contributed by atoms with Gasteiger partial charge < -0.3 is 54.9 Å². The smallest absolute Gasteiger partial charge is 0.217 e. The van der Waals surface area contributed by atoms with Crippen LogP contribution in [0.1, 0.15) is 12.5 Å². The summed E-state index contributed by atoms with van der Waals surface area (Å²) in [6, 6.07) is 8.02. The van der Waals surface area contributed by atoms with Crippen molar-refractivity contribution >= 4 is 5.91 Å². The summed E-state index contributed by atoms with van der Waals surface area (Å²) < 4.78 is 22.5. The van der Waals surface area contributed by atoms with E-state index in [0.29, 0.717) is 0 Å². The number of aliphatic hydroxyl groups excluding tert-OH is 6. The van der Waals surface area contributed by atoms with Crippen molar-refractivity contribution in [2.45, 2.75) is 74.9 Å². The minimum absolute atomic E-state index is 0.102. The van der Waals surface area contributed by atoms with Crippen LogP contribution in [0.4, 0.5) is 0 Å². The molecule has 2 saturated heterocycles. The number of carbonyl (C=O) groups excluding carboxylic acids is 1. The first kappa shape index (κ1) is 25.9. The van der Waals surface area contributed by atoms with E-state index in [1.165, 1.54) is 6.92 Å². The highest BCUT2D eigenvalue weighted by Gasteiger charge is 2.51. The molecule has 0 unspecified atom stereocenters. The monoisotopic (exact) mass is 473 g/mol. The number of hydrogen-bond donors (Lipinski definition) is 7. The lowest BCUT2D eigenvalue weighted by molar-refractivity contribution is -0.349. The van der Waals surface area contributed by atoms with Gasteiger partial charge in [-0.15, -0.1) is 0 Å². The van der Waals surface area contributed by atoms with Crippen molar-refractivity contribution in [2.75, 3.05) is 13.2 Å². The van der Waals surface area contributed by atoms with E-state index < -0.39 is 80.5 Å². The van der Waals surface area contributed by atoms with Gasteiger partial charge in [0.1, 0.15) is 48.8 Å². The van der Waals surface area contributed by atoms with Gasteiger partial charge in [0.25, 0.3) is 0 Å². The molecule has 2 heterocycles. The first-order valence-electron chi connectivity index (χ1n) is 10.6. The van der Waals surface area contributed by atoms with Crippen molar-refractivity contribution in [3.05, 3.63) is 35.9 Å². The zero-order chi connectivity index (χ0) is 24.1. The molecule has 0 spiro atoms. The minimum Gasteiger partial charge on any atom is -0.394 e. The van der Waals surface area contributed by atoms with Crippen LogP contribution in [-0.4, -0.2) is 111 Å². The van der Waals surface area contributed by atoms with Crippen molar-refractivity contribution in [1.82, 2.24) is 5.32 Å². The van der Waals surface area contributed by atoms with Crippen molar-refractivity contribution < 1.29 is 54.4 Å². The largest absolute Gasteiger partial charge is 0.394 e. The number of rotatable bonds is 8. The second kappa shape index (κ2) is 11.6. The molecular formula is C21H31NO11. The summed E-state index contributed by atoms with van der Waals surface area (Å²) in [6.07, 6.45) is -12.9. The van der Waals surface area contributed by atoms with E-state index in [-0.39, 0.29) is 6.61 Å². The van der Waals surface area contributed by atoms with Gasteiger partial charge in [-0.3, -0.25) is 4.79 Å². The molecule has 7 N–H and O–H groups in total. The van der Waals surface area contributed by atoms with Crippen LogP contribution in [0.5, 0.6) is 0 Å². The molecule has 1 aromatic rings. The Morgan fingerprint density at radius 2 is 1.55 bits per heavy atom. The highest BCUT2D eigenvalue weighted by molar-refractivity contribution is 5.73. The Morgan fingerprint density at radius 1 is 0.909 bits per heavy atom. The minimum atomic E-state index is -1.72. The number of nitrogens with one attached hydrogen (secondary N) is 1. The molecule has 2 aliphatic heterocycles. The van der Waals surface area contributed by atoms with Gasteiger partial charge >= 0.3 is 0 Å². The van der Waals surface area contributed by atoms with Gasteiger partial charge in [0.15, 0.2) is 12.6 Å². The normalized spacial score (nSPS) is 39.2. The molecule has 12 heteroatoms. The Morgan fingerprint density at radius 3 is 2.15 bits per heavy atom. The number of ether oxygens (including phenoxy) is 4. The fourth-order valence-electron chi connectivity index (χ4n) is 3.85. The van der Waals surface area contributed by atoms with Crippen LogP contribution in [0.3, 0.4) is 0 Å². The van der Waals surface area contributed by atoms with Gasteiger partial charge in [-0.05, 0) is 5.56 Å². The van der Waals surface area contributed by atoms with Gasteiger partial charge in [-0.1, -0.05) is 30.3 Å². The van der Waals surface area contributed by atoms with E-state index in [1.807, 2.05) is 30.3 Å². The molecule has 0 bridgehead atoms. The zero-order valence-electron chi connectivity index (χ0n) is 18.0. The molecule has 1 amide bonds. The number of benzene rings is 1. The van der Waals surface area contributed by atoms with Crippen LogP contribution >= 0.6 is 0 Å². The van der Waals surface area contributed by atoms with E-state index >= 15 is 0 Å². The van der Waals surface area contributed by atoms with Gasteiger partial charge in [0.2, 0.25) is 5.91 Å². The first-order valence-corrected chi connectivity index (χ1v) is 10.6. The molecule has 0 radical (unpaired) electrons. The molecule has 0 aromatic heterocycles. The first-order chi connectivity index (χ1) is 15.8. The number of hydrogen-bond acceptors (Lipinski definition) is 11. The Labute approximate surface area is 190 Å². The van der Waals surface area contributed by atoms with Crippen LogP contribution in [0, 0.1) is 0 Å². The lowest BCUT2D eigenvalue weighted by Crippen LogP contribution is -2.67. The number of carbonyl (C=O) groups is 1. The van der Waals surface area contributed by atoms with Crippen molar-refractivity contribution in [1.29, 1.82) is 0 Å². The molecular weight excluding hydrogens is 442 g/mol. The van der Waals surface area contributed by atoms with Gasteiger partial charge in [0.05, 0.1) is 19.8 Å². The Bertz CT molecular complexity index is 751. The maximum Gasteiger partial charge on any atom is 0.217 e. The van der Waals surface area contributed by atoms with E-state index in [0.717, 1.165) is 5.56 Å². The quantitative estimate of drug-likeness (QED) is 0.203. The van der Waals surface area contributed by atoms with Crippen molar-refractivity contribution in [2.24, 2.45) is 0 Å². The lowest BCUT2D eigenvalue weighted by atomic mass is 9.95. The van der Waals surface area contributed by atoms with E-state index in [2.05, 4.69) is 5.32 Å². The molecule has 2 fully saturated rings. The fourth-order valence-corrected chi connectivity index (χ4v) is 3.85. The summed E-state index contributed by atoms with van der Waals surface area (Å²) in [4.78, 5) is 11.8. The van der Waals surface area contributed by atoms with Crippen LogP contribution < -0.4 is 5.32 Å². The van der Waals surface area contributed by atoms with Crippen LogP contribution in [0.25, 0.3) is 0 Å². The van der Waals surface area contributed by atoms with Gasteiger partial charge in [0, 0.05) is 6.92 Å². The fraction of sp³-hybridized carbons (Fsp3) is 0.667. The second-order valence-electron chi connectivity index (χ2n) is 8.04. The molecule has 0 saturated carbocycles. The number of aliphatic hydroxyl groups is 6. The molecule has 3 rings (SSSR count). The van der Waals surface area contributed by atoms with Crippen LogP contribution in [-0.2, 0) is 30.3 Å². The maximum atomic E-state index is 11.8. The maximum absolute atomic E-state index is 11.8. The standard InChI is InChI=1S/C21H31NO11/c1-10(25)22-14-16(27)19(33-21-18(29)17(28)15(26)12(7-23)31-21)13(8-24)32-20(14)30-9-11-5-3-2-4-6-11/h2-6,12-21,23-24,26-29H,7-9H2,1H3,(H,22,25)/t12-,13-,14-,15+,16-,17+,18-,19+,20+,21+/m1/s1. The SMILES string of the molecule is CC(=O)N[C@H]1[C@@H](OCc2ccccc2)O[C@H](CO)[C@H](O[C@@H]2O[C@H](CO)[C@H](O)[C@H](O)[C@H]2O)[C@@H]1O. The summed E-state index contributed by atoms with van der Waals surface area (Å²) in [7, 11) is 0. The van der Waals surface area contributed by atoms with E-state index in [4.69, 9.17) is 18.9 Å². The highest BCUT2D eigenvalue weighted by atomic mass is 16.7. The average molecular weight is 473 g/mol. The van der Waals surface area contributed by atoms with E-state index in [9.17, 15) is 35.4 Å². The molecule has 0 aliphatic carbocycles. The third kappa shape index (κ3) is 6.05. The summed E-state index contributed by atoms with van der Waals surface area (Å²) in [6.45, 7) is 0.0657. The average Bonchev–Trinajstić information content (AvgIpc) is 2.81. The Balaban J connectivity index is 1.76. The Hall–Kier alpha value is -1.71. The number of amides is 1. The molecule has 186 valence electrons. The highest BCUT2D eigenvalue weighted by Crippen LogP contribution is 2.30. The molecule has 12 nitrogen and oxygen atoms in total. The summed E-state index contributed by atoms with van der Waals surface area (Å²) in [5, 5.41) is 62.9. The molecule has 1 aromatic carbocycles. The van der Waals surface area contributed by atoms with Crippen molar-refractivity contribution in [3.8, 4) is 0 Å². The molecule has 33 heavy (non-hydrogen) atoms. The predicted octanol–water partition coefficient (Wildman–Crippen LogP) is -3.03. The Kier molecular flexibility index (Phi) is 9.12. The molecule has 10 atom stereocenters. The van der Waals surface area contributed by atoms with Gasteiger partial charge in [-0.2, -0.15) is 0 Å². The van der Waals surface area contributed by atoms with Gasteiger partial charge in [-0.25, -0.2) is 0 Å².